The molecule has 0 spiro atoms. The van der Waals surface area contributed by atoms with Gasteiger partial charge in [-0.3, -0.25) is 0 Å². The third-order valence-corrected chi connectivity index (χ3v) is 6.37. The molecule has 0 fully saturated rings. The lowest BCUT2D eigenvalue weighted by Gasteiger charge is -2.18. The van der Waals surface area contributed by atoms with Crippen LogP contribution >= 0.6 is 0 Å². The summed E-state index contributed by atoms with van der Waals surface area (Å²) in [6.07, 6.45) is 0. The molecule has 0 amide bonds. The van der Waals surface area contributed by atoms with Gasteiger partial charge in [0.15, 0.2) is 0 Å². The Morgan fingerprint density at radius 1 is 0.929 bits per heavy atom. The van der Waals surface area contributed by atoms with E-state index in [0.29, 0.717) is 10.9 Å². The summed E-state index contributed by atoms with van der Waals surface area (Å²) in [5, 5.41) is 10.8. The van der Waals surface area contributed by atoms with Gasteiger partial charge >= 0.3 is 0 Å². The molecule has 5 nitrogen and oxygen atoms in total. The van der Waals surface area contributed by atoms with Crippen LogP contribution in [0.2, 0.25) is 0 Å². The predicted molar refractivity (Wildman–Crippen MR) is 105 cm³/mol. The van der Waals surface area contributed by atoms with Gasteiger partial charge in [-0.2, -0.15) is 0 Å². The lowest BCUT2D eigenvalue weighted by molar-refractivity contribution is 0.461. The number of halogens is 1. The second-order valence-electron chi connectivity index (χ2n) is 6.39. The first-order chi connectivity index (χ1) is 13.4. The number of nitrogens with zero attached hydrogens (tertiary/aromatic N) is 1. The summed E-state index contributed by atoms with van der Waals surface area (Å²) in [5.41, 5.74) is 7.10. The molecule has 3 aromatic carbocycles. The van der Waals surface area contributed by atoms with Crippen molar-refractivity contribution in [1.82, 2.24) is 3.97 Å². The molecule has 0 radical (unpaired) electrons. The SMILES string of the molecule is N[C@@H](c1cc(F)ccc1O)c1cc2ccccc2n1S(=O)(=O)c1ccccc1. The monoisotopic (exact) mass is 396 g/mol. The third-order valence-electron chi connectivity index (χ3n) is 4.62. The van der Waals surface area contributed by atoms with Crippen molar-refractivity contribution in [2.24, 2.45) is 5.73 Å². The molecule has 3 N–H and O–H groups in total. The molecule has 0 saturated heterocycles. The average Bonchev–Trinajstić information content (AvgIpc) is 3.10. The standard InChI is InChI=1S/C21H17FN2O3S/c22-15-10-11-20(25)17(13-15)21(23)19-12-14-6-4-5-9-18(14)24(19)28(26,27)16-7-2-1-3-8-16/h1-13,21,25H,23H2/t21-/m0/s1. The molecule has 142 valence electrons. The van der Waals surface area contributed by atoms with E-state index in [1.165, 1.54) is 18.2 Å². The molecular formula is C21H17FN2O3S. The highest BCUT2D eigenvalue weighted by Crippen LogP contribution is 2.34. The third kappa shape index (κ3) is 2.94. The Bertz CT molecular complexity index is 1270. The van der Waals surface area contributed by atoms with Crippen LogP contribution in [0.3, 0.4) is 0 Å². The van der Waals surface area contributed by atoms with Crippen LogP contribution in [-0.4, -0.2) is 17.5 Å². The van der Waals surface area contributed by atoms with Gasteiger partial charge in [0.05, 0.1) is 22.1 Å². The smallest absolute Gasteiger partial charge is 0.268 e. The van der Waals surface area contributed by atoms with E-state index in [2.05, 4.69) is 0 Å². The number of aromatic nitrogens is 1. The minimum absolute atomic E-state index is 0.104. The van der Waals surface area contributed by atoms with Crippen LogP contribution in [0.4, 0.5) is 4.39 Å². The van der Waals surface area contributed by atoms with Gasteiger partial charge in [0.25, 0.3) is 10.0 Å². The van der Waals surface area contributed by atoms with Crippen molar-refractivity contribution in [3.8, 4) is 5.75 Å². The van der Waals surface area contributed by atoms with Crippen LogP contribution in [0.25, 0.3) is 10.9 Å². The molecule has 0 bridgehead atoms. The first kappa shape index (κ1) is 18.2. The van der Waals surface area contributed by atoms with Gasteiger partial charge in [-0.25, -0.2) is 16.8 Å². The van der Waals surface area contributed by atoms with E-state index in [9.17, 15) is 17.9 Å². The Hall–Kier alpha value is -3.16. The van der Waals surface area contributed by atoms with E-state index >= 15 is 0 Å². The number of nitrogens with two attached hydrogens (primary N) is 1. The Labute approximate surface area is 161 Å². The molecule has 0 saturated carbocycles. The zero-order valence-electron chi connectivity index (χ0n) is 14.7. The molecule has 4 aromatic rings. The summed E-state index contributed by atoms with van der Waals surface area (Å²) in [4.78, 5) is 0.105. The number of phenols is 1. The van der Waals surface area contributed by atoms with E-state index in [1.807, 2.05) is 0 Å². The van der Waals surface area contributed by atoms with Gasteiger partial charge in [-0.1, -0.05) is 36.4 Å². The number of aromatic hydroxyl groups is 1. The molecule has 7 heteroatoms. The maximum Gasteiger partial charge on any atom is 0.268 e. The highest BCUT2D eigenvalue weighted by atomic mass is 32.2. The number of fused-ring (bicyclic) bond motifs is 1. The molecular weight excluding hydrogens is 379 g/mol. The number of hydrogen-bond acceptors (Lipinski definition) is 4. The van der Waals surface area contributed by atoms with Crippen molar-refractivity contribution in [2.75, 3.05) is 0 Å². The summed E-state index contributed by atoms with van der Waals surface area (Å²) >= 11 is 0. The van der Waals surface area contributed by atoms with E-state index in [-0.39, 0.29) is 21.9 Å². The van der Waals surface area contributed by atoms with Crippen molar-refractivity contribution in [3.05, 3.63) is 95.9 Å². The first-order valence-corrected chi connectivity index (χ1v) is 9.98. The Balaban J connectivity index is 2.00. The molecule has 28 heavy (non-hydrogen) atoms. The second-order valence-corrected chi connectivity index (χ2v) is 8.18. The van der Waals surface area contributed by atoms with Crippen LogP contribution < -0.4 is 5.73 Å². The Morgan fingerprint density at radius 3 is 2.36 bits per heavy atom. The van der Waals surface area contributed by atoms with E-state index in [4.69, 9.17) is 5.73 Å². The lowest BCUT2D eigenvalue weighted by atomic mass is 10.0. The fraction of sp³-hybridized carbons (Fsp3) is 0.0476. The van der Waals surface area contributed by atoms with Gasteiger partial charge in [0.1, 0.15) is 11.6 Å². The number of para-hydroxylation sites is 1. The summed E-state index contributed by atoms with van der Waals surface area (Å²) < 4.78 is 41.7. The number of phenolic OH excluding ortho intramolecular Hbond substituents is 1. The van der Waals surface area contributed by atoms with E-state index in [0.717, 1.165) is 16.1 Å². The van der Waals surface area contributed by atoms with Gasteiger partial charge in [-0.15, -0.1) is 0 Å². The molecule has 0 aliphatic carbocycles. The maximum atomic E-state index is 13.7. The predicted octanol–water partition coefficient (Wildman–Crippen LogP) is 3.77. The quantitative estimate of drug-likeness (QED) is 0.550. The Morgan fingerprint density at radius 2 is 1.61 bits per heavy atom. The fourth-order valence-electron chi connectivity index (χ4n) is 3.27. The average molecular weight is 396 g/mol. The Kier molecular flexibility index (Phi) is 4.41. The van der Waals surface area contributed by atoms with Crippen molar-refractivity contribution in [3.63, 3.8) is 0 Å². The molecule has 1 aromatic heterocycles. The van der Waals surface area contributed by atoms with E-state index in [1.54, 1.807) is 48.5 Å². The highest BCUT2D eigenvalue weighted by molar-refractivity contribution is 7.90. The largest absolute Gasteiger partial charge is 0.508 e. The van der Waals surface area contributed by atoms with Gasteiger partial charge < -0.3 is 10.8 Å². The summed E-state index contributed by atoms with van der Waals surface area (Å²) in [5.74, 6) is -0.778. The zero-order chi connectivity index (χ0) is 19.9. The fourth-order valence-corrected chi connectivity index (χ4v) is 4.85. The second kappa shape index (κ2) is 6.78. The molecule has 1 heterocycles. The van der Waals surface area contributed by atoms with Gasteiger partial charge in [0, 0.05) is 10.9 Å². The van der Waals surface area contributed by atoms with Crippen LogP contribution in [0.5, 0.6) is 5.75 Å². The lowest BCUT2D eigenvalue weighted by Crippen LogP contribution is -2.22. The molecule has 0 unspecified atom stereocenters. The minimum atomic E-state index is -3.97. The normalized spacial score (nSPS) is 12.9. The van der Waals surface area contributed by atoms with Crippen LogP contribution in [0.1, 0.15) is 17.3 Å². The number of rotatable bonds is 4. The molecule has 0 aliphatic heterocycles. The van der Waals surface area contributed by atoms with Gasteiger partial charge in [0.2, 0.25) is 0 Å². The van der Waals surface area contributed by atoms with Gasteiger partial charge in [-0.05, 0) is 42.5 Å². The van der Waals surface area contributed by atoms with Crippen LogP contribution in [0.15, 0.2) is 83.8 Å². The first-order valence-electron chi connectivity index (χ1n) is 8.54. The molecule has 0 aliphatic rings. The minimum Gasteiger partial charge on any atom is -0.508 e. The van der Waals surface area contributed by atoms with E-state index < -0.39 is 21.9 Å². The number of benzene rings is 3. The van der Waals surface area contributed by atoms with Crippen LogP contribution in [0, 0.1) is 5.82 Å². The molecule has 1 atom stereocenters. The molecule has 4 rings (SSSR count). The number of hydrogen-bond donors (Lipinski definition) is 2. The van der Waals surface area contributed by atoms with Crippen molar-refractivity contribution in [1.29, 1.82) is 0 Å². The topological polar surface area (TPSA) is 85.3 Å². The van der Waals surface area contributed by atoms with Crippen molar-refractivity contribution in [2.45, 2.75) is 10.9 Å². The zero-order valence-corrected chi connectivity index (χ0v) is 15.5. The summed E-state index contributed by atoms with van der Waals surface area (Å²) in [6, 6.07) is 19.0. The van der Waals surface area contributed by atoms with Crippen molar-refractivity contribution < 1.29 is 17.9 Å². The highest BCUT2D eigenvalue weighted by Gasteiger charge is 2.27. The van der Waals surface area contributed by atoms with Crippen molar-refractivity contribution >= 4 is 20.9 Å². The maximum absolute atomic E-state index is 13.7. The summed E-state index contributed by atoms with van der Waals surface area (Å²) in [6.45, 7) is 0. The summed E-state index contributed by atoms with van der Waals surface area (Å²) in [7, 11) is -3.97. The van der Waals surface area contributed by atoms with Crippen LogP contribution in [-0.2, 0) is 10.0 Å².